The third kappa shape index (κ3) is 2.04. The summed E-state index contributed by atoms with van der Waals surface area (Å²) in [6, 6.07) is 0. The van der Waals surface area contributed by atoms with Gasteiger partial charge in [-0.05, 0) is 0 Å². The molecule has 0 amide bonds. The van der Waals surface area contributed by atoms with E-state index in [1.165, 1.54) is 0 Å². The molecule has 0 aliphatic carbocycles. The summed E-state index contributed by atoms with van der Waals surface area (Å²) in [5, 5.41) is 17.5. The normalized spacial score (nSPS) is 40.5. The SMILES string of the molecule is O=C1OP(=O)(O)OC(=O)C(O)C1O. The van der Waals surface area contributed by atoms with Crippen LogP contribution in [0.1, 0.15) is 0 Å². The Hall–Kier alpha value is -0.950. The third-order valence-corrected chi connectivity index (χ3v) is 2.01. The first-order chi connectivity index (χ1) is 5.83. The average molecular weight is 212 g/mol. The molecule has 0 radical (unpaired) electrons. The Bertz CT molecular complexity index is 271. The molecule has 1 saturated heterocycles. The van der Waals surface area contributed by atoms with Crippen LogP contribution in [0.4, 0.5) is 0 Å². The van der Waals surface area contributed by atoms with Crippen molar-refractivity contribution in [2.75, 3.05) is 0 Å². The third-order valence-electron chi connectivity index (χ3n) is 1.19. The number of phosphoric ester groups is 1. The first-order valence-electron chi connectivity index (χ1n) is 2.99. The molecule has 1 heterocycles. The monoisotopic (exact) mass is 212 g/mol. The standard InChI is InChI=1S/C4H5O8P/c5-1-2(6)4(8)12-13(9,10)11-3(1)7/h1-2,5-6H,(H,9,10). The van der Waals surface area contributed by atoms with E-state index in [0.717, 1.165) is 0 Å². The Balaban J connectivity index is 2.99. The van der Waals surface area contributed by atoms with Crippen molar-refractivity contribution >= 4 is 19.8 Å². The zero-order valence-electron chi connectivity index (χ0n) is 5.98. The molecule has 0 bridgehead atoms. The summed E-state index contributed by atoms with van der Waals surface area (Å²) in [6.07, 6.45) is -4.43. The molecule has 0 saturated carbocycles. The van der Waals surface area contributed by atoms with E-state index in [2.05, 4.69) is 9.05 Å². The van der Waals surface area contributed by atoms with Crippen LogP contribution in [-0.4, -0.2) is 39.3 Å². The van der Waals surface area contributed by atoms with Gasteiger partial charge >= 0.3 is 19.8 Å². The maximum absolute atomic E-state index is 10.6. The lowest BCUT2D eigenvalue weighted by molar-refractivity contribution is -0.156. The van der Waals surface area contributed by atoms with Crippen LogP contribution in [-0.2, 0) is 23.2 Å². The maximum Gasteiger partial charge on any atom is 0.589 e. The van der Waals surface area contributed by atoms with Crippen LogP contribution in [0.15, 0.2) is 0 Å². The molecule has 1 aliphatic heterocycles. The van der Waals surface area contributed by atoms with Crippen LogP contribution in [0.2, 0.25) is 0 Å². The topological polar surface area (TPSA) is 130 Å². The summed E-state index contributed by atoms with van der Waals surface area (Å²) < 4.78 is 18.0. The molecule has 1 fully saturated rings. The quantitative estimate of drug-likeness (QED) is 0.389. The van der Waals surface area contributed by atoms with Crippen molar-refractivity contribution < 1.29 is 38.3 Å². The number of hydrogen-bond acceptors (Lipinski definition) is 7. The lowest BCUT2D eigenvalue weighted by Crippen LogP contribution is -2.38. The average Bonchev–Trinajstić information content (AvgIpc) is 2.03. The zero-order chi connectivity index (χ0) is 10.2. The summed E-state index contributed by atoms with van der Waals surface area (Å²) >= 11 is 0. The Morgan fingerprint density at radius 2 is 1.38 bits per heavy atom. The molecule has 0 spiro atoms. The summed E-state index contributed by atoms with van der Waals surface area (Å²) in [5.74, 6) is -3.19. The first kappa shape index (κ1) is 10.1. The fourth-order valence-electron chi connectivity index (χ4n) is 0.612. The maximum atomic E-state index is 10.6. The van der Waals surface area contributed by atoms with Gasteiger partial charge in [-0.1, -0.05) is 0 Å². The van der Waals surface area contributed by atoms with Crippen LogP contribution < -0.4 is 0 Å². The van der Waals surface area contributed by atoms with E-state index >= 15 is 0 Å². The van der Waals surface area contributed by atoms with Crippen LogP contribution in [0.25, 0.3) is 0 Å². The van der Waals surface area contributed by atoms with E-state index in [1.807, 2.05) is 0 Å². The van der Waals surface area contributed by atoms with Gasteiger partial charge in [0.15, 0.2) is 12.2 Å². The number of carbonyl (C=O) groups excluding carboxylic acids is 2. The Kier molecular flexibility index (Phi) is 2.40. The van der Waals surface area contributed by atoms with Crippen LogP contribution in [0.3, 0.4) is 0 Å². The summed E-state index contributed by atoms with van der Waals surface area (Å²) in [6.45, 7) is 0. The molecule has 0 aromatic rings. The first-order valence-corrected chi connectivity index (χ1v) is 4.49. The fourth-order valence-corrected chi connectivity index (χ4v) is 1.32. The van der Waals surface area contributed by atoms with Gasteiger partial charge in [-0.2, -0.15) is 0 Å². The minimum Gasteiger partial charge on any atom is -0.379 e. The minimum atomic E-state index is -4.84. The van der Waals surface area contributed by atoms with Gasteiger partial charge in [0, 0.05) is 0 Å². The number of carbonyl (C=O) groups is 2. The highest BCUT2D eigenvalue weighted by atomic mass is 31.2. The van der Waals surface area contributed by atoms with Crippen LogP contribution in [0, 0.1) is 0 Å². The van der Waals surface area contributed by atoms with E-state index < -0.39 is 32.0 Å². The van der Waals surface area contributed by atoms with Crippen LogP contribution >= 0.6 is 7.82 Å². The predicted molar refractivity (Wildman–Crippen MR) is 34.0 cm³/mol. The lowest BCUT2D eigenvalue weighted by Gasteiger charge is -2.06. The number of hydrogen-bond donors (Lipinski definition) is 3. The largest absolute Gasteiger partial charge is 0.589 e. The fraction of sp³-hybridized carbons (Fsp3) is 0.500. The number of aliphatic hydroxyl groups is 2. The Labute approximate surface area is 71.3 Å². The van der Waals surface area contributed by atoms with Gasteiger partial charge < -0.3 is 19.3 Å². The van der Waals surface area contributed by atoms with E-state index in [9.17, 15) is 14.2 Å². The molecule has 0 aromatic carbocycles. The number of aliphatic hydroxyl groups excluding tert-OH is 2. The second kappa shape index (κ2) is 3.08. The summed E-state index contributed by atoms with van der Waals surface area (Å²) in [7, 11) is -4.84. The highest BCUT2D eigenvalue weighted by Gasteiger charge is 2.45. The van der Waals surface area contributed by atoms with E-state index in [1.54, 1.807) is 0 Å². The van der Waals surface area contributed by atoms with Gasteiger partial charge in [-0.3, -0.25) is 4.89 Å². The van der Waals surface area contributed by atoms with Gasteiger partial charge in [0.2, 0.25) is 0 Å². The molecule has 2 atom stereocenters. The van der Waals surface area contributed by atoms with Crippen molar-refractivity contribution in [1.82, 2.24) is 0 Å². The molecule has 74 valence electrons. The van der Waals surface area contributed by atoms with Crippen molar-refractivity contribution in [3.05, 3.63) is 0 Å². The van der Waals surface area contributed by atoms with E-state index in [-0.39, 0.29) is 0 Å². The predicted octanol–water partition coefficient (Wildman–Crippen LogP) is -2.09. The molecule has 1 rings (SSSR count). The Morgan fingerprint density at radius 3 is 1.69 bits per heavy atom. The van der Waals surface area contributed by atoms with E-state index in [0.29, 0.717) is 0 Å². The highest BCUT2D eigenvalue weighted by Crippen LogP contribution is 2.45. The van der Waals surface area contributed by atoms with Gasteiger partial charge in [-0.25, -0.2) is 14.2 Å². The highest BCUT2D eigenvalue weighted by molar-refractivity contribution is 7.48. The number of rotatable bonds is 0. The molecular weight excluding hydrogens is 207 g/mol. The molecule has 2 unspecified atom stereocenters. The van der Waals surface area contributed by atoms with Gasteiger partial charge in [0.05, 0.1) is 0 Å². The van der Waals surface area contributed by atoms with Crippen molar-refractivity contribution in [2.45, 2.75) is 12.2 Å². The molecule has 13 heavy (non-hydrogen) atoms. The molecule has 0 aromatic heterocycles. The molecule has 3 N–H and O–H groups in total. The van der Waals surface area contributed by atoms with Gasteiger partial charge in [0.1, 0.15) is 0 Å². The van der Waals surface area contributed by atoms with Gasteiger partial charge in [0.25, 0.3) is 0 Å². The Morgan fingerprint density at radius 1 is 1.08 bits per heavy atom. The van der Waals surface area contributed by atoms with E-state index in [4.69, 9.17) is 15.1 Å². The van der Waals surface area contributed by atoms with Crippen LogP contribution in [0.5, 0.6) is 0 Å². The molecular formula is C4H5O8P. The van der Waals surface area contributed by atoms with Crippen molar-refractivity contribution in [1.29, 1.82) is 0 Å². The second-order valence-corrected chi connectivity index (χ2v) is 3.48. The van der Waals surface area contributed by atoms with Crippen molar-refractivity contribution in [2.24, 2.45) is 0 Å². The van der Waals surface area contributed by atoms with Crippen molar-refractivity contribution in [3.63, 3.8) is 0 Å². The van der Waals surface area contributed by atoms with Gasteiger partial charge in [-0.15, -0.1) is 0 Å². The minimum absolute atomic E-state index is 1.59. The summed E-state index contributed by atoms with van der Waals surface area (Å²) in [5.41, 5.74) is 0. The lowest BCUT2D eigenvalue weighted by atomic mass is 10.2. The number of phosphoric acid groups is 1. The van der Waals surface area contributed by atoms with Crippen molar-refractivity contribution in [3.8, 4) is 0 Å². The zero-order valence-corrected chi connectivity index (χ0v) is 6.88. The molecule has 8 nitrogen and oxygen atoms in total. The second-order valence-electron chi connectivity index (χ2n) is 2.18. The summed E-state index contributed by atoms with van der Waals surface area (Å²) in [4.78, 5) is 29.8. The molecule has 1 aliphatic rings. The smallest absolute Gasteiger partial charge is 0.379 e. The molecule has 9 heteroatoms.